The second kappa shape index (κ2) is 3.76. The van der Waals surface area contributed by atoms with E-state index in [0.717, 1.165) is 12.2 Å². The molecule has 0 bridgehead atoms. The Bertz CT molecular complexity index is 352. The summed E-state index contributed by atoms with van der Waals surface area (Å²) < 4.78 is 19.5. The average molecular weight is 211 g/mol. The molecular weight excluding hydrogens is 197 g/mol. The molecule has 4 heteroatoms. The van der Waals surface area contributed by atoms with Gasteiger partial charge in [-0.3, -0.25) is 9.24 Å². The van der Waals surface area contributed by atoms with Crippen molar-refractivity contribution in [2.45, 2.75) is 6.92 Å². The summed E-state index contributed by atoms with van der Waals surface area (Å²) in [4.78, 5) is 0. The molecule has 0 aliphatic carbocycles. The van der Waals surface area contributed by atoms with Crippen LogP contribution in [0.5, 0.6) is 0 Å². The van der Waals surface area contributed by atoms with Crippen molar-refractivity contribution in [3.63, 3.8) is 0 Å². The summed E-state index contributed by atoms with van der Waals surface area (Å²) >= 11 is 0. The van der Waals surface area contributed by atoms with Gasteiger partial charge in [0.05, 0.1) is 13.2 Å². The van der Waals surface area contributed by atoms with E-state index in [1.54, 1.807) is 0 Å². The van der Waals surface area contributed by atoms with E-state index >= 15 is 0 Å². The first kappa shape index (κ1) is 9.75. The smallest absolute Gasteiger partial charge is 0.296 e. The van der Waals surface area contributed by atoms with Crippen LogP contribution in [0.2, 0.25) is 0 Å². The van der Waals surface area contributed by atoms with Crippen LogP contribution in [-0.4, -0.2) is 19.3 Å². The Morgan fingerprint density at radius 3 is 2.79 bits per heavy atom. The maximum Gasteiger partial charge on any atom is 0.296 e. The van der Waals surface area contributed by atoms with Gasteiger partial charge in [0.25, 0.3) is 7.52 Å². The van der Waals surface area contributed by atoms with E-state index in [9.17, 15) is 4.57 Å². The van der Waals surface area contributed by atoms with Gasteiger partial charge in [-0.05, 0) is 12.1 Å². The lowest BCUT2D eigenvalue weighted by Gasteiger charge is -2.23. The standard InChI is InChI=1S/C10H14NO2P/c1-2-14(12)11(8-9-13-14)10-6-4-3-5-7-10/h3-7H,2,8-9H2,1H3. The SMILES string of the molecule is CCP1(=O)OCCN1c1ccccc1. The van der Waals surface area contributed by atoms with Crippen LogP contribution in [-0.2, 0) is 9.09 Å². The van der Waals surface area contributed by atoms with Gasteiger partial charge < -0.3 is 4.52 Å². The van der Waals surface area contributed by atoms with Gasteiger partial charge >= 0.3 is 0 Å². The van der Waals surface area contributed by atoms with Gasteiger partial charge in [-0.1, -0.05) is 25.1 Å². The van der Waals surface area contributed by atoms with Gasteiger partial charge in [0.1, 0.15) is 0 Å². The molecule has 1 aliphatic rings. The third kappa shape index (κ3) is 1.58. The van der Waals surface area contributed by atoms with Crippen molar-refractivity contribution in [2.75, 3.05) is 24.0 Å². The van der Waals surface area contributed by atoms with Gasteiger partial charge in [0, 0.05) is 11.8 Å². The van der Waals surface area contributed by atoms with Crippen LogP contribution < -0.4 is 4.67 Å². The first-order valence-corrected chi connectivity index (χ1v) is 6.59. The summed E-state index contributed by atoms with van der Waals surface area (Å²) in [5.74, 6) is 0. The zero-order valence-electron chi connectivity index (χ0n) is 8.22. The van der Waals surface area contributed by atoms with Crippen molar-refractivity contribution in [2.24, 2.45) is 0 Å². The Morgan fingerprint density at radius 2 is 2.14 bits per heavy atom. The number of anilines is 1. The molecule has 0 aromatic heterocycles. The molecule has 1 aliphatic heterocycles. The zero-order valence-corrected chi connectivity index (χ0v) is 9.11. The molecule has 0 radical (unpaired) electrons. The lowest BCUT2D eigenvalue weighted by atomic mass is 10.3. The van der Waals surface area contributed by atoms with Crippen LogP contribution in [0.3, 0.4) is 0 Å². The molecule has 14 heavy (non-hydrogen) atoms. The van der Waals surface area contributed by atoms with Crippen molar-refractivity contribution in [3.05, 3.63) is 30.3 Å². The van der Waals surface area contributed by atoms with Crippen molar-refractivity contribution in [1.29, 1.82) is 0 Å². The molecule has 0 saturated carbocycles. The Balaban J connectivity index is 2.31. The topological polar surface area (TPSA) is 29.5 Å². The van der Waals surface area contributed by atoms with E-state index in [4.69, 9.17) is 4.52 Å². The van der Waals surface area contributed by atoms with Crippen molar-refractivity contribution in [3.8, 4) is 0 Å². The lowest BCUT2D eigenvalue weighted by Crippen LogP contribution is -2.15. The highest BCUT2D eigenvalue weighted by molar-refractivity contribution is 7.60. The summed E-state index contributed by atoms with van der Waals surface area (Å²) in [6.45, 7) is 3.21. The number of rotatable bonds is 2. The fourth-order valence-electron chi connectivity index (χ4n) is 1.66. The van der Waals surface area contributed by atoms with E-state index < -0.39 is 7.52 Å². The van der Waals surface area contributed by atoms with Crippen molar-refractivity contribution >= 4 is 13.2 Å². The molecule has 76 valence electrons. The van der Waals surface area contributed by atoms with Crippen LogP contribution in [0.15, 0.2) is 30.3 Å². The molecule has 1 unspecified atom stereocenters. The summed E-state index contributed by atoms with van der Waals surface area (Å²) in [7, 11) is -2.55. The minimum atomic E-state index is -2.55. The quantitative estimate of drug-likeness (QED) is 0.704. The molecule has 1 saturated heterocycles. The maximum atomic E-state index is 12.2. The van der Waals surface area contributed by atoms with Crippen molar-refractivity contribution < 1.29 is 9.09 Å². The molecule has 3 nitrogen and oxygen atoms in total. The van der Waals surface area contributed by atoms with E-state index in [2.05, 4.69) is 0 Å². The van der Waals surface area contributed by atoms with Gasteiger partial charge in [-0.15, -0.1) is 0 Å². The molecule has 0 spiro atoms. The van der Waals surface area contributed by atoms with Gasteiger partial charge in [-0.2, -0.15) is 0 Å². The summed E-state index contributed by atoms with van der Waals surface area (Å²) in [6, 6.07) is 9.80. The summed E-state index contributed by atoms with van der Waals surface area (Å²) in [5, 5.41) is 0. The number of hydrogen-bond acceptors (Lipinski definition) is 2. The van der Waals surface area contributed by atoms with Crippen molar-refractivity contribution in [1.82, 2.24) is 0 Å². The second-order valence-corrected chi connectivity index (χ2v) is 5.89. The maximum absolute atomic E-state index is 12.2. The molecule has 1 heterocycles. The molecule has 1 aromatic carbocycles. The Kier molecular flexibility index (Phi) is 2.62. The highest BCUT2D eigenvalue weighted by Crippen LogP contribution is 2.55. The van der Waals surface area contributed by atoms with E-state index in [-0.39, 0.29) is 0 Å². The van der Waals surface area contributed by atoms with Crippen LogP contribution in [0.1, 0.15) is 6.92 Å². The van der Waals surface area contributed by atoms with Gasteiger partial charge in [0.2, 0.25) is 0 Å². The molecule has 1 atom stereocenters. The van der Waals surface area contributed by atoms with Crippen LogP contribution in [0.25, 0.3) is 0 Å². The van der Waals surface area contributed by atoms with Crippen LogP contribution in [0, 0.1) is 0 Å². The normalized spacial score (nSPS) is 26.8. The minimum absolute atomic E-state index is 0.569. The third-order valence-corrected chi connectivity index (χ3v) is 4.97. The molecule has 1 aromatic rings. The fourth-order valence-corrected chi connectivity index (χ4v) is 3.56. The van der Waals surface area contributed by atoms with E-state index in [0.29, 0.717) is 12.8 Å². The molecule has 2 rings (SSSR count). The fraction of sp³-hybridized carbons (Fsp3) is 0.400. The van der Waals surface area contributed by atoms with Gasteiger partial charge in [0.15, 0.2) is 0 Å². The number of hydrogen-bond donors (Lipinski definition) is 0. The highest BCUT2D eigenvalue weighted by atomic mass is 31.2. The number of para-hydroxylation sites is 1. The van der Waals surface area contributed by atoms with Crippen LogP contribution in [0.4, 0.5) is 5.69 Å². The Morgan fingerprint density at radius 1 is 1.43 bits per heavy atom. The first-order valence-electron chi connectivity index (χ1n) is 4.83. The number of benzene rings is 1. The summed E-state index contributed by atoms with van der Waals surface area (Å²) in [5.41, 5.74) is 0.996. The zero-order chi connectivity index (χ0) is 10.0. The first-order chi connectivity index (χ1) is 6.76. The second-order valence-electron chi connectivity index (χ2n) is 3.25. The van der Waals surface area contributed by atoms with E-state index in [1.807, 2.05) is 41.9 Å². The average Bonchev–Trinajstić information content (AvgIpc) is 2.63. The minimum Gasteiger partial charge on any atom is -0.311 e. The third-order valence-electron chi connectivity index (χ3n) is 2.42. The van der Waals surface area contributed by atoms with Gasteiger partial charge in [-0.25, -0.2) is 0 Å². The van der Waals surface area contributed by atoms with Crippen LogP contribution >= 0.6 is 7.52 Å². The number of nitrogens with zero attached hydrogens (tertiary/aromatic N) is 1. The Hall–Kier alpha value is -0.790. The lowest BCUT2D eigenvalue weighted by molar-refractivity contribution is 0.359. The van der Waals surface area contributed by atoms with E-state index in [1.165, 1.54) is 0 Å². The monoisotopic (exact) mass is 211 g/mol. The Labute approximate surface area is 84.2 Å². The largest absolute Gasteiger partial charge is 0.311 e. The molecule has 1 fully saturated rings. The predicted octanol–water partition coefficient (Wildman–Crippen LogP) is 2.74. The molecule has 0 N–H and O–H groups in total. The summed E-state index contributed by atoms with van der Waals surface area (Å²) in [6.07, 6.45) is 0.571. The molecule has 0 amide bonds. The molecular formula is C10H14NO2P. The highest BCUT2D eigenvalue weighted by Gasteiger charge is 2.35. The predicted molar refractivity (Wildman–Crippen MR) is 57.9 cm³/mol.